The average Bonchev–Trinajstić information content (AvgIpc) is 2.78. The SMILES string of the molecule is CCCCCCCCCCCCCCCC(N)(Cc1ccccc1)Cc1ccccc1. The quantitative estimate of drug-likeness (QED) is 0.239. The molecule has 2 aromatic carbocycles. The van der Waals surface area contributed by atoms with Crippen LogP contribution in [0.1, 0.15) is 108 Å². The van der Waals surface area contributed by atoms with Crippen LogP contribution < -0.4 is 5.73 Å². The number of rotatable bonds is 18. The Kier molecular flexibility index (Phi) is 13.3. The summed E-state index contributed by atoms with van der Waals surface area (Å²) in [7, 11) is 0. The molecule has 0 fully saturated rings. The van der Waals surface area contributed by atoms with Gasteiger partial charge in [-0.25, -0.2) is 0 Å². The van der Waals surface area contributed by atoms with Crippen LogP contribution in [0.4, 0.5) is 0 Å². The lowest BCUT2D eigenvalue weighted by molar-refractivity contribution is 0.367. The topological polar surface area (TPSA) is 26.0 Å². The van der Waals surface area contributed by atoms with Crippen LogP contribution in [0.2, 0.25) is 0 Å². The number of unbranched alkanes of at least 4 members (excludes halogenated alkanes) is 12. The summed E-state index contributed by atoms with van der Waals surface area (Å²) in [5.41, 5.74) is 9.56. The highest BCUT2D eigenvalue weighted by atomic mass is 14.7. The van der Waals surface area contributed by atoms with Gasteiger partial charge < -0.3 is 5.73 Å². The highest BCUT2D eigenvalue weighted by Gasteiger charge is 2.25. The fraction of sp³-hybridized carbons (Fsp3) is 0.600. The minimum absolute atomic E-state index is 0.152. The van der Waals surface area contributed by atoms with Crippen LogP contribution in [0.5, 0.6) is 0 Å². The molecule has 1 nitrogen and oxygen atoms in total. The molecular weight excluding hydrogens is 374 g/mol. The first-order valence-corrected chi connectivity index (χ1v) is 13.1. The summed E-state index contributed by atoms with van der Waals surface area (Å²) in [6.07, 6.45) is 21.2. The standard InChI is InChI=1S/C30H47N/c1-2-3-4-5-6-7-8-9-10-11-12-13-20-25-30(31,26-28-21-16-14-17-22-28)27-29-23-18-15-19-24-29/h14-19,21-24H,2-13,20,25-27,31H2,1H3. The first-order chi connectivity index (χ1) is 15.2. The van der Waals surface area contributed by atoms with Crippen LogP contribution in [0.3, 0.4) is 0 Å². The van der Waals surface area contributed by atoms with Crippen LogP contribution in [0.25, 0.3) is 0 Å². The van der Waals surface area contributed by atoms with Crippen molar-refractivity contribution >= 4 is 0 Å². The van der Waals surface area contributed by atoms with Crippen LogP contribution >= 0.6 is 0 Å². The van der Waals surface area contributed by atoms with E-state index in [-0.39, 0.29) is 5.54 Å². The summed E-state index contributed by atoms with van der Waals surface area (Å²) in [5, 5.41) is 0. The maximum Gasteiger partial charge on any atom is 0.0235 e. The summed E-state index contributed by atoms with van der Waals surface area (Å²) in [6.45, 7) is 2.29. The molecule has 0 saturated carbocycles. The van der Waals surface area contributed by atoms with E-state index < -0.39 is 0 Å². The van der Waals surface area contributed by atoms with Gasteiger partial charge in [0.1, 0.15) is 0 Å². The van der Waals surface area contributed by atoms with Gasteiger partial charge in [0.2, 0.25) is 0 Å². The van der Waals surface area contributed by atoms with Crippen LogP contribution in [-0.2, 0) is 12.8 Å². The molecule has 2 rings (SSSR count). The second-order valence-electron chi connectivity index (χ2n) is 9.68. The molecule has 0 saturated heterocycles. The molecular formula is C30H47N. The van der Waals surface area contributed by atoms with Gasteiger partial charge in [0, 0.05) is 5.54 Å². The Morgan fingerprint density at radius 3 is 1.26 bits per heavy atom. The molecule has 0 aliphatic rings. The lowest BCUT2D eigenvalue weighted by Gasteiger charge is -2.30. The third-order valence-electron chi connectivity index (χ3n) is 6.58. The molecule has 172 valence electrons. The molecule has 0 spiro atoms. The Hall–Kier alpha value is -1.60. The van der Waals surface area contributed by atoms with E-state index in [9.17, 15) is 0 Å². The molecule has 0 unspecified atom stereocenters. The summed E-state index contributed by atoms with van der Waals surface area (Å²) in [5.74, 6) is 0. The zero-order valence-corrected chi connectivity index (χ0v) is 20.2. The van der Waals surface area contributed by atoms with E-state index in [1.807, 2.05) is 0 Å². The van der Waals surface area contributed by atoms with E-state index in [1.165, 1.54) is 94.6 Å². The van der Waals surface area contributed by atoms with Crippen molar-refractivity contribution in [3.63, 3.8) is 0 Å². The lowest BCUT2D eigenvalue weighted by atomic mass is 9.81. The number of nitrogens with two attached hydrogens (primary N) is 1. The molecule has 0 heterocycles. The van der Waals surface area contributed by atoms with Crippen molar-refractivity contribution in [2.24, 2.45) is 5.73 Å². The second kappa shape index (κ2) is 16.1. The summed E-state index contributed by atoms with van der Waals surface area (Å²) in [4.78, 5) is 0. The van der Waals surface area contributed by atoms with Crippen LogP contribution in [-0.4, -0.2) is 5.54 Å². The third-order valence-corrected chi connectivity index (χ3v) is 6.58. The molecule has 0 aliphatic carbocycles. The van der Waals surface area contributed by atoms with Crippen molar-refractivity contribution in [2.45, 2.75) is 115 Å². The van der Waals surface area contributed by atoms with Crippen LogP contribution in [0.15, 0.2) is 60.7 Å². The zero-order valence-electron chi connectivity index (χ0n) is 20.2. The third kappa shape index (κ3) is 12.1. The summed E-state index contributed by atoms with van der Waals surface area (Å²) >= 11 is 0. The van der Waals surface area contributed by atoms with Gasteiger partial charge in [0.15, 0.2) is 0 Å². The van der Waals surface area contributed by atoms with Gasteiger partial charge in [0.05, 0.1) is 0 Å². The minimum atomic E-state index is -0.152. The van der Waals surface area contributed by atoms with Gasteiger partial charge in [-0.3, -0.25) is 0 Å². The Balaban J connectivity index is 1.63. The van der Waals surface area contributed by atoms with Gasteiger partial charge >= 0.3 is 0 Å². The number of hydrogen-bond acceptors (Lipinski definition) is 1. The molecule has 0 bridgehead atoms. The Morgan fingerprint density at radius 1 is 0.516 bits per heavy atom. The van der Waals surface area contributed by atoms with Crippen LogP contribution in [0, 0.1) is 0 Å². The number of hydrogen-bond donors (Lipinski definition) is 1. The largest absolute Gasteiger partial charge is 0.324 e. The molecule has 0 radical (unpaired) electrons. The van der Waals surface area contributed by atoms with E-state index >= 15 is 0 Å². The van der Waals surface area contributed by atoms with E-state index in [4.69, 9.17) is 5.73 Å². The van der Waals surface area contributed by atoms with E-state index in [0.29, 0.717) is 0 Å². The van der Waals surface area contributed by atoms with Gasteiger partial charge in [-0.05, 0) is 30.4 Å². The van der Waals surface area contributed by atoms with Crippen molar-refractivity contribution in [1.29, 1.82) is 0 Å². The predicted molar refractivity (Wildman–Crippen MR) is 138 cm³/mol. The van der Waals surface area contributed by atoms with Gasteiger partial charge in [-0.2, -0.15) is 0 Å². The monoisotopic (exact) mass is 421 g/mol. The first kappa shape index (κ1) is 25.7. The Morgan fingerprint density at radius 2 is 0.871 bits per heavy atom. The molecule has 2 N–H and O–H groups in total. The Labute approximate surface area is 192 Å². The molecule has 0 amide bonds. The normalized spacial score (nSPS) is 11.7. The van der Waals surface area contributed by atoms with Crippen molar-refractivity contribution in [2.75, 3.05) is 0 Å². The van der Waals surface area contributed by atoms with E-state index in [0.717, 1.165) is 19.3 Å². The van der Waals surface area contributed by atoms with Gasteiger partial charge in [-0.1, -0.05) is 151 Å². The lowest BCUT2D eigenvalue weighted by Crippen LogP contribution is -2.44. The Bertz CT molecular complexity index is 607. The molecule has 0 aromatic heterocycles. The predicted octanol–water partition coefficient (Wildman–Crippen LogP) is 8.65. The smallest absolute Gasteiger partial charge is 0.0235 e. The highest BCUT2D eigenvalue weighted by Crippen LogP contribution is 2.24. The van der Waals surface area contributed by atoms with Gasteiger partial charge in [0.25, 0.3) is 0 Å². The van der Waals surface area contributed by atoms with Crippen molar-refractivity contribution < 1.29 is 0 Å². The summed E-state index contributed by atoms with van der Waals surface area (Å²) < 4.78 is 0. The molecule has 1 heteroatoms. The second-order valence-corrected chi connectivity index (χ2v) is 9.68. The van der Waals surface area contributed by atoms with Gasteiger partial charge in [-0.15, -0.1) is 0 Å². The van der Waals surface area contributed by atoms with Crippen molar-refractivity contribution in [1.82, 2.24) is 0 Å². The average molecular weight is 422 g/mol. The molecule has 0 aliphatic heterocycles. The van der Waals surface area contributed by atoms with E-state index in [1.54, 1.807) is 0 Å². The number of benzene rings is 2. The molecule has 31 heavy (non-hydrogen) atoms. The highest BCUT2D eigenvalue weighted by molar-refractivity contribution is 5.22. The fourth-order valence-electron chi connectivity index (χ4n) is 4.74. The maximum atomic E-state index is 7.00. The minimum Gasteiger partial charge on any atom is -0.324 e. The van der Waals surface area contributed by atoms with E-state index in [2.05, 4.69) is 67.6 Å². The first-order valence-electron chi connectivity index (χ1n) is 13.1. The molecule has 0 atom stereocenters. The van der Waals surface area contributed by atoms with Crippen molar-refractivity contribution in [3.05, 3.63) is 71.8 Å². The zero-order chi connectivity index (χ0) is 22.0. The molecule has 2 aromatic rings. The fourth-order valence-corrected chi connectivity index (χ4v) is 4.74. The van der Waals surface area contributed by atoms with Crippen molar-refractivity contribution in [3.8, 4) is 0 Å². The maximum absolute atomic E-state index is 7.00. The summed E-state index contributed by atoms with van der Waals surface area (Å²) in [6, 6.07) is 21.6.